The third-order valence-corrected chi connectivity index (χ3v) is 2.04. The third kappa shape index (κ3) is 2.80. The number of nitrogens with zero attached hydrogens (tertiary/aromatic N) is 2. The number of rotatable bonds is 2. The molecule has 0 fully saturated rings. The molecule has 0 radical (unpaired) electrons. The zero-order chi connectivity index (χ0) is 11.3. The lowest BCUT2D eigenvalue weighted by atomic mass is 10.2. The molecule has 1 aromatic carbocycles. The fourth-order valence-corrected chi connectivity index (χ4v) is 1.41. The highest BCUT2D eigenvalue weighted by atomic mass is 16.3. The molecule has 0 unspecified atom stereocenters. The van der Waals surface area contributed by atoms with Crippen LogP contribution in [-0.2, 0) is 6.54 Å². The summed E-state index contributed by atoms with van der Waals surface area (Å²) in [6.45, 7) is 6.75. The van der Waals surface area contributed by atoms with Gasteiger partial charge < -0.3 is 5.11 Å². The van der Waals surface area contributed by atoms with Gasteiger partial charge in [0.15, 0.2) is 0 Å². The Bertz CT molecular complexity index is 420. The molecule has 0 aliphatic carbocycles. The number of hydrogen-bond acceptors (Lipinski definition) is 2. The summed E-state index contributed by atoms with van der Waals surface area (Å²) in [4.78, 5) is 0. The Morgan fingerprint density at radius 2 is 2.07 bits per heavy atom. The largest absolute Gasteiger partial charge is 0.394 e. The number of aliphatic hydroxyl groups is 1. The van der Waals surface area contributed by atoms with Crippen LogP contribution in [0.4, 0.5) is 0 Å². The van der Waals surface area contributed by atoms with Crippen molar-refractivity contribution in [3.05, 3.63) is 30.0 Å². The molecule has 0 saturated heterocycles. The van der Waals surface area contributed by atoms with Gasteiger partial charge in [-0.15, -0.1) is 0 Å². The minimum atomic E-state index is 0.132. The Morgan fingerprint density at radius 3 is 2.73 bits per heavy atom. The number of aryl methyl sites for hydroxylation is 1. The first-order valence-corrected chi connectivity index (χ1v) is 5.34. The maximum atomic E-state index is 8.74. The quantitative estimate of drug-likeness (QED) is 0.819. The number of hydrogen-bond donors (Lipinski definition) is 1. The lowest BCUT2D eigenvalue weighted by Crippen LogP contribution is -2.01. The topological polar surface area (TPSA) is 38.0 Å². The van der Waals surface area contributed by atoms with E-state index in [1.54, 1.807) is 4.68 Å². The average Bonchev–Trinajstić information content (AvgIpc) is 2.63. The van der Waals surface area contributed by atoms with Crippen molar-refractivity contribution in [3.63, 3.8) is 0 Å². The summed E-state index contributed by atoms with van der Waals surface area (Å²) in [7, 11) is 0. The zero-order valence-electron chi connectivity index (χ0n) is 9.57. The average molecular weight is 206 g/mol. The zero-order valence-corrected chi connectivity index (χ0v) is 9.57. The Balaban J connectivity index is 0.000000531. The van der Waals surface area contributed by atoms with E-state index in [0.717, 1.165) is 10.9 Å². The van der Waals surface area contributed by atoms with Gasteiger partial charge in [-0.05, 0) is 19.1 Å². The maximum Gasteiger partial charge on any atom is 0.0923 e. The lowest BCUT2D eigenvalue weighted by molar-refractivity contribution is 0.270. The van der Waals surface area contributed by atoms with Gasteiger partial charge >= 0.3 is 0 Å². The van der Waals surface area contributed by atoms with Crippen molar-refractivity contribution in [2.75, 3.05) is 6.61 Å². The number of benzene rings is 1. The molecular formula is C12H18N2O. The van der Waals surface area contributed by atoms with Crippen LogP contribution in [0.25, 0.3) is 10.9 Å². The van der Waals surface area contributed by atoms with Crippen LogP contribution >= 0.6 is 0 Å². The van der Waals surface area contributed by atoms with Crippen molar-refractivity contribution >= 4 is 10.9 Å². The molecule has 0 atom stereocenters. The minimum Gasteiger partial charge on any atom is -0.394 e. The van der Waals surface area contributed by atoms with E-state index in [1.165, 1.54) is 5.56 Å². The van der Waals surface area contributed by atoms with Crippen LogP contribution < -0.4 is 0 Å². The third-order valence-electron chi connectivity index (χ3n) is 2.04. The Morgan fingerprint density at radius 1 is 1.33 bits per heavy atom. The molecule has 1 heterocycles. The van der Waals surface area contributed by atoms with Gasteiger partial charge in [-0.25, -0.2) is 0 Å². The van der Waals surface area contributed by atoms with Crippen molar-refractivity contribution in [2.24, 2.45) is 0 Å². The van der Waals surface area contributed by atoms with E-state index in [0.29, 0.717) is 6.54 Å². The van der Waals surface area contributed by atoms with Crippen LogP contribution in [0.1, 0.15) is 19.4 Å². The summed E-state index contributed by atoms with van der Waals surface area (Å²) in [5.74, 6) is 0. The summed E-state index contributed by atoms with van der Waals surface area (Å²) >= 11 is 0. The molecule has 0 amide bonds. The van der Waals surface area contributed by atoms with Gasteiger partial charge in [-0.2, -0.15) is 5.10 Å². The first-order chi connectivity index (χ1) is 7.29. The van der Waals surface area contributed by atoms with E-state index in [2.05, 4.69) is 18.1 Å². The van der Waals surface area contributed by atoms with Gasteiger partial charge in [-0.3, -0.25) is 4.68 Å². The van der Waals surface area contributed by atoms with E-state index >= 15 is 0 Å². The Labute approximate surface area is 90.3 Å². The predicted octanol–water partition coefficient (Wildman–Crippen LogP) is 2.36. The molecule has 0 saturated carbocycles. The van der Waals surface area contributed by atoms with E-state index in [4.69, 9.17) is 5.11 Å². The maximum absolute atomic E-state index is 8.74. The highest BCUT2D eigenvalue weighted by Gasteiger charge is 1.99. The van der Waals surface area contributed by atoms with Gasteiger partial charge in [0.1, 0.15) is 0 Å². The van der Waals surface area contributed by atoms with Crippen molar-refractivity contribution in [2.45, 2.75) is 27.3 Å². The van der Waals surface area contributed by atoms with Crippen LogP contribution in [0.15, 0.2) is 24.4 Å². The predicted molar refractivity (Wildman–Crippen MR) is 62.9 cm³/mol. The smallest absolute Gasteiger partial charge is 0.0923 e. The first-order valence-electron chi connectivity index (χ1n) is 5.34. The van der Waals surface area contributed by atoms with E-state index in [9.17, 15) is 0 Å². The lowest BCUT2D eigenvalue weighted by Gasteiger charge is -1.92. The van der Waals surface area contributed by atoms with Crippen LogP contribution in [0, 0.1) is 6.92 Å². The molecular weight excluding hydrogens is 188 g/mol. The summed E-state index contributed by atoms with van der Waals surface area (Å²) in [6.07, 6.45) is 1.96. The molecule has 0 aliphatic rings. The molecule has 3 nitrogen and oxygen atoms in total. The van der Waals surface area contributed by atoms with Gasteiger partial charge in [0.05, 0.1) is 18.7 Å². The van der Waals surface area contributed by atoms with Crippen molar-refractivity contribution in [3.8, 4) is 0 Å². The first kappa shape index (κ1) is 11.7. The normalized spacial score (nSPS) is 9.87. The summed E-state index contributed by atoms with van der Waals surface area (Å²) in [5.41, 5.74) is 2.22. The molecule has 82 valence electrons. The molecule has 1 N–H and O–H groups in total. The molecule has 0 spiro atoms. The summed E-state index contributed by atoms with van der Waals surface area (Å²) in [6, 6.07) is 6.13. The van der Waals surface area contributed by atoms with Gasteiger partial charge in [0, 0.05) is 11.6 Å². The van der Waals surface area contributed by atoms with Gasteiger partial charge in [-0.1, -0.05) is 25.5 Å². The molecule has 3 heteroatoms. The number of fused-ring (bicyclic) bond motifs is 1. The molecule has 2 aromatic rings. The van der Waals surface area contributed by atoms with Crippen LogP contribution in [0.3, 0.4) is 0 Å². The molecule has 2 rings (SSSR count). The highest BCUT2D eigenvalue weighted by molar-refractivity contribution is 5.78. The van der Waals surface area contributed by atoms with Crippen LogP contribution in [-0.4, -0.2) is 21.5 Å². The SMILES string of the molecule is CC.Cc1ccc2nn(CCO)cc2c1. The van der Waals surface area contributed by atoms with E-state index in [1.807, 2.05) is 32.2 Å². The molecule has 15 heavy (non-hydrogen) atoms. The molecule has 1 aromatic heterocycles. The van der Waals surface area contributed by atoms with E-state index < -0.39 is 0 Å². The minimum absolute atomic E-state index is 0.132. The molecule has 0 bridgehead atoms. The number of aromatic nitrogens is 2. The highest BCUT2D eigenvalue weighted by Crippen LogP contribution is 2.13. The summed E-state index contributed by atoms with van der Waals surface area (Å²) < 4.78 is 1.77. The van der Waals surface area contributed by atoms with Crippen molar-refractivity contribution in [1.82, 2.24) is 9.78 Å². The van der Waals surface area contributed by atoms with Crippen LogP contribution in [0.2, 0.25) is 0 Å². The second-order valence-electron chi connectivity index (χ2n) is 3.18. The fraction of sp³-hybridized carbons (Fsp3) is 0.417. The van der Waals surface area contributed by atoms with Crippen molar-refractivity contribution in [1.29, 1.82) is 0 Å². The van der Waals surface area contributed by atoms with Gasteiger partial charge in [0.2, 0.25) is 0 Å². The van der Waals surface area contributed by atoms with Crippen LogP contribution in [0.5, 0.6) is 0 Å². The summed E-state index contributed by atoms with van der Waals surface area (Å²) in [5, 5.41) is 14.2. The second-order valence-corrected chi connectivity index (χ2v) is 3.18. The van der Waals surface area contributed by atoms with Crippen molar-refractivity contribution < 1.29 is 5.11 Å². The second kappa shape index (κ2) is 5.51. The van der Waals surface area contributed by atoms with E-state index in [-0.39, 0.29) is 6.61 Å². The Kier molecular flexibility index (Phi) is 4.31. The molecule has 0 aliphatic heterocycles. The standard InChI is InChI=1S/C10H12N2O.C2H6/c1-8-2-3-10-9(6-8)7-12(11-10)4-5-13;1-2/h2-3,6-7,13H,4-5H2,1H3;1-2H3. The Hall–Kier alpha value is -1.35. The number of aliphatic hydroxyl groups excluding tert-OH is 1. The monoisotopic (exact) mass is 206 g/mol. The van der Waals surface area contributed by atoms with Gasteiger partial charge in [0.25, 0.3) is 0 Å². The fourth-order valence-electron chi connectivity index (χ4n) is 1.41.